The van der Waals surface area contributed by atoms with Crippen LogP contribution in [0, 0.1) is 5.92 Å². The highest BCUT2D eigenvalue weighted by atomic mass is 16.2. The summed E-state index contributed by atoms with van der Waals surface area (Å²) in [6, 6.07) is 6.95. The van der Waals surface area contributed by atoms with Crippen LogP contribution in [0.1, 0.15) is 24.2 Å². The third-order valence-electron chi connectivity index (χ3n) is 2.49. The quantitative estimate of drug-likeness (QED) is 0.762. The molecule has 0 aliphatic rings. The van der Waals surface area contributed by atoms with E-state index < -0.39 is 0 Å². The average molecular weight is 234 g/mol. The molecule has 1 aromatic rings. The van der Waals surface area contributed by atoms with E-state index in [0.29, 0.717) is 17.8 Å². The molecule has 17 heavy (non-hydrogen) atoms. The molecule has 0 aromatic heterocycles. The first-order valence-corrected chi connectivity index (χ1v) is 5.61. The van der Waals surface area contributed by atoms with Crippen LogP contribution in [-0.4, -0.2) is 25.3 Å². The van der Waals surface area contributed by atoms with Gasteiger partial charge in [-0.2, -0.15) is 0 Å². The average Bonchev–Trinajstić information content (AvgIpc) is 2.29. The Morgan fingerprint density at radius 3 is 2.65 bits per heavy atom. The van der Waals surface area contributed by atoms with Crippen LogP contribution in [0.3, 0.4) is 0 Å². The van der Waals surface area contributed by atoms with Gasteiger partial charge >= 0.3 is 0 Å². The third kappa shape index (κ3) is 4.00. The molecule has 92 valence electrons. The van der Waals surface area contributed by atoms with Crippen LogP contribution < -0.4 is 10.6 Å². The molecule has 0 saturated carbocycles. The molecule has 0 saturated heterocycles. The first kappa shape index (κ1) is 13.4. The minimum atomic E-state index is -0.110. The highest BCUT2D eigenvalue weighted by Gasteiger charge is 2.12. The summed E-state index contributed by atoms with van der Waals surface area (Å²) < 4.78 is 0. The van der Waals surface area contributed by atoms with Crippen LogP contribution in [-0.2, 0) is 4.79 Å². The molecule has 0 aliphatic carbocycles. The van der Waals surface area contributed by atoms with E-state index >= 15 is 0 Å². The minimum absolute atomic E-state index is 0.00984. The van der Waals surface area contributed by atoms with E-state index in [9.17, 15) is 9.59 Å². The van der Waals surface area contributed by atoms with Gasteiger partial charge in [0.05, 0.1) is 0 Å². The predicted molar refractivity (Wildman–Crippen MR) is 68.2 cm³/mol. The van der Waals surface area contributed by atoms with Crippen LogP contribution in [0.5, 0.6) is 0 Å². The third-order valence-corrected chi connectivity index (χ3v) is 2.49. The van der Waals surface area contributed by atoms with E-state index in [4.69, 9.17) is 0 Å². The van der Waals surface area contributed by atoms with E-state index in [1.54, 1.807) is 31.3 Å². The summed E-state index contributed by atoms with van der Waals surface area (Å²) in [6.45, 7) is 3.98. The van der Waals surface area contributed by atoms with Crippen molar-refractivity contribution in [3.63, 3.8) is 0 Å². The Bertz CT molecular complexity index is 416. The first-order chi connectivity index (χ1) is 8.04. The summed E-state index contributed by atoms with van der Waals surface area (Å²) >= 11 is 0. The molecular weight excluding hydrogens is 216 g/mol. The van der Waals surface area contributed by atoms with Gasteiger partial charge in [0.2, 0.25) is 5.91 Å². The molecule has 0 fully saturated rings. The largest absolute Gasteiger partial charge is 0.326 e. The van der Waals surface area contributed by atoms with Gasteiger partial charge in [0.1, 0.15) is 0 Å². The van der Waals surface area contributed by atoms with E-state index in [2.05, 4.69) is 10.6 Å². The molecule has 0 radical (unpaired) electrons. The van der Waals surface area contributed by atoms with Crippen molar-refractivity contribution in [2.45, 2.75) is 13.8 Å². The second-order valence-electron chi connectivity index (χ2n) is 4.08. The zero-order valence-corrected chi connectivity index (χ0v) is 10.4. The first-order valence-electron chi connectivity index (χ1n) is 5.61. The van der Waals surface area contributed by atoms with Crippen LogP contribution in [0.15, 0.2) is 24.3 Å². The molecule has 0 aliphatic heterocycles. The fourth-order valence-corrected chi connectivity index (χ4v) is 1.48. The molecule has 1 amide bonds. The molecule has 1 rings (SSSR count). The molecular formula is C13H18N2O2. The number of carbonyl (C=O) groups is 2. The number of anilines is 1. The second kappa shape index (κ2) is 6.15. The van der Waals surface area contributed by atoms with E-state index in [-0.39, 0.29) is 17.6 Å². The van der Waals surface area contributed by atoms with Crippen molar-refractivity contribution in [2.24, 2.45) is 5.92 Å². The van der Waals surface area contributed by atoms with Gasteiger partial charge in [0, 0.05) is 23.7 Å². The smallest absolute Gasteiger partial charge is 0.228 e. The van der Waals surface area contributed by atoms with Crippen molar-refractivity contribution >= 4 is 17.4 Å². The van der Waals surface area contributed by atoms with Gasteiger partial charge in [-0.1, -0.05) is 19.1 Å². The van der Waals surface area contributed by atoms with Gasteiger partial charge in [-0.05, 0) is 26.1 Å². The summed E-state index contributed by atoms with van der Waals surface area (Å²) in [6.07, 6.45) is 0. The highest BCUT2D eigenvalue weighted by molar-refractivity contribution is 5.97. The molecule has 0 heterocycles. The summed E-state index contributed by atoms with van der Waals surface area (Å²) in [5, 5.41) is 5.74. The van der Waals surface area contributed by atoms with Crippen molar-refractivity contribution in [1.29, 1.82) is 0 Å². The molecule has 1 unspecified atom stereocenters. The number of ketones is 1. The van der Waals surface area contributed by atoms with Gasteiger partial charge in [0.25, 0.3) is 0 Å². The summed E-state index contributed by atoms with van der Waals surface area (Å²) in [5.41, 5.74) is 1.26. The number of amides is 1. The monoisotopic (exact) mass is 234 g/mol. The van der Waals surface area contributed by atoms with Crippen LogP contribution >= 0.6 is 0 Å². The SMILES string of the molecule is CNCC(C)C(=O)Nc1cccc(C(C)=O)c1. The maximum atomic E-state index is 11.7. The molecule has 2 N–H and O–H groups in total. The Morgan fingerprint density at radius 1 is 1.35 bits per heavy atom. The van der Waals surface area contributed by atoms with Gasteiger partial charge in [0.15, 0.2) is 5.78 Å². The number of hydrogen-bond donors (Lipinski definition) is 2. The fraction of sp³-hybridized carbons (Fsp3) is 0.385. The van der Waals surface area contributed by atoms with Crippen molar-refractivity contribution in [3.8, 4) is 0 Å². The number of hydrogen-bond acceptors (Lipinski definition) is 3. The normalized spacial score (nSPS) is 11.9. The lowest BCUT2D eigenvalue weighted by Gasteiger charge is -2.11. The topological polar surface area (TPSA) is 58.2 Å². The van der Waals surface area contributed by atoms with Crippen molar-refractivity contribution in [3.05, 3.63) is 29.8 Å². The Kier molecular flexibility index (Phi) is 4.84. The van der Waals surface area contributed by atoms with Crippen molar-refractivity contribution < 1.29 is 9.59 Å². The minimum Gasteiger partial charge on any atom is -0.326 e. The Labute approximate surface area is 101 Å². The molecule has 0 bridgehead atoms. The number of benzene rings is 1. The zero-order chi connectivity index (χ0) is 12.8. The lowest BCUT2D eigenvalue weighted by molar-refractivity contribution is -0.119. The van der Waals surface area contributed by atoms with Crippen molar-refractivity contribution in [1.82, 2.24) is 5.32 Å². The lowest BCUT2D eigenvalue weighted by Crippen LogP contribution is -2.28. The van der Waals surface area contributed by atoms with Crippen molar-refractivity contribution in [2.75, 3.05) is 18.9 Å². The van der Waals surface area contributed by atoms with Gasteiger partial charge in [-0.3, -0.25) is 9.59 Å². The second-order valence-corrected chi connectivity index (χ2v) is 4.08. The summed E-state index contributed by atoms with van der Waals surface area (Å²) in [4.78, 5) is 22.9. The molecule has 0 spiro atoms. The summed E-state index contributed by atoms with van der Waals surface area (Å²) in [5.74, 6) is -0.176. The zero-order valence-electron chi connectivity index (χ0n) is 10.4. The van der Waals surface area contributed by atoms with Crippen LogP contribution in [0.2, 0.25) is 0 Å². The Balaban J connectivity index is 2.71. The summed E-state index contributed by atoms with van der Waals surface area (Å²) in [7, 11) is 1.81. The van der Waals surface area contributed by atoms with Crippen LogP contribution in [0.4, 0.5) is 5.69 Å². The fourth-order valence-electron chi connectivity index (χ4n) is 1.48. The van der Waals surface area contributed by atoms with Crippen LogP contribution in [0.25, 0.3) is 0 Å². The van der Waals surface area contributed by atoms with E-state index in [1.165, 1.54) is 6.92 Å². The van der Waals surface area contributed by atoms with E-state index in [0.717, 1.165) is 0 Å². The number of Topliss-reactive ketones (excluding diaryl/α,β-unsaturated/α-hetero) is 1. The Hall–Kier alpha value is -1.68. The van der Waals surface area contributed by atoms with Gasteiger partial charge in [-0.15, -0.1) is 0 Å². The number of nitrogens with one attached hydrogen (secondary N) is 2. The highest BCUT2D eigenvalue weighted by Crippen LogP contribution is 2.12. The standard InChI is InChI=1S/C13H18N2O2/c1-9(8-14-3)13(17)15-12-6-4-5-11(7-12)10(2)16/h4-7,9,14H,8H2,1-3H3,(H,15,17). The maximum Gasteiger partial charge on any atom is 0.228 e. The number of rotatable bonds is 5. The molecule has 4 nitrogen and oxygen atoms in total. The lowest BCUT2D eigenvalue weighted by atomic mass is 10.1. The predicted octanol–water partition coefficient (Wildman–Crippen LogP) is 1.68. The van der Waals surface area contributed by atoms with E-state index in [1.807, 2.05) is 6.92 Å². The van der Waals surface area contributed by atoms with Gasteiger partial charge in [-0.25, -0.2) is 0 Å². The van der Waals surface area contributed by atoms with Gasteiger partial charge < -0.3 is 10.6 Å². The molecule has 1 aromatic carbocycles. The molecule has 4 heteroatoms. The Morgan fingerprint density at radius 2 is 2.06 bits per heavy atom. The molecule has 1 atom stereocenters. The number of carbonyl (C=O) groups excluding carboxylic acids is 2. The maximum absolute atomic E-state index is 11.7.